The monoisotopic (exact) mass is 294 g/mol. The first kappa shape index (κ1) is 17.1. The largest absolute Gasteiger partial charge is 0.345 e. The van der Waals surface area contributed by atoms with Crippen LogP contribution >= 0.6 is 0 Å². The SMILES string of the molecule is CCCCN(C)C(=O)C(C)(C)C(=O)Nc1ccc(F)cc1. The molecule has 0 unspecified atom stereocenters. The van der Waals surface area contributed by atoms with Gasteiger partial charge in [-0.3, -0.25) is 9.59 Å². The molecule has 2 amide bonds. The molecule has 21 heavy (non-hydrogen) atoms. The summed E-state index contributed by atoms with van der Waals surface area (Å²) in [6, 6.07) is 5.46. The van der Waals surface area contributed by atoms with E-state index in [2.05, 4.69) is 5.32 Å². The maximum absolute atomic E-state index is 12.8. The zero-order chi connectivity index (χ0) is 16.0. The molecule has 116 valence electrons. The van der Waals surface area contributed by atoms with E-state index in [1.807, 2.05) is 6.92 Å². The fourth-order valence-corrected chi connectivity index (χ4v) is 1.89. The molecule has 0 radical (unpaired) electrons. The van der Waals surface area contributed by atoms with E-state index in [1.54, 1.807) is 25.8 Å². The maximum Gasteiger partial charge on any atom is 0.239 e. The van der Waals surface area contributed by atoms with E-state index >= 15 is 0 Å². The molecule has 0 aromatic heterocycles. The third kappa shape index (κ3) is 4.55. The van der Waals surface area contributed by atoms with Gasteiger partial charge in [-0.05, 0) is 44.5 Å². The van der Waals surface area contributed by atoms with Crippen molar-refractivity contribution in [3.05, 3.63) is 30.1 Å². The summed E-state index contributed by atoms with van der Waals surface area (Å²) in [4.78, 5) is 26.2. The lowest BCUT2D eigenvalue weighted by molar-refractivity contribution is -0.145. The number of anilines is 1. The van der Waals surface area contributed by atoms with E-state index < -0.39 is 11.3 Å². The molecular weight excluding hydrogens is 271 g/mol. The Kier molecular flexibility index (Phi) is 5.88. The molecule has 1 rings (SSSR count). The lowest BCUT2D eigenvalue weighted by Gasteiger charge is -2.28. The second kappa shape index (κ2) is 7.20. The lowest BCUT2D eigenvalue weighted by atomic mass is 9.90. The van der Waals surface area contributed by atoms with Crippen LogP contribution in [0.5, 0.6) is 0 Å². The number of unbranched alkanes of at least 4 members (excludes halogenated alkanes) is 1. The van der Waals surface area contributed by atoms with E-state index in [1.165, 1.54) is 24.3 Å². The van der Waals surface area contributed by atoms with Crippen LogP contribution in [0.3, 0.4) is 0 Å². The Bertz CT molecular complexity index is 498. The summed E-state index contributed by atoms with van der Waals surface area (Å²) in [5, 5.41) is 2.65. The number of rotatable bonds is 6. The summed E-state index contributed by atoms with van der Waals surface area (Å²) in [5.41, 5.74) is -0.699. The molecule has 0 saturated heterocycles. The van der Waals surface area contributed by atoms with Crippen LogP contribution in [0.4, 0.5) is 10.1 Å². The number of carbonyl (C=O) groups excluding carboxylic acids is 2. The van der Waals surface area contributed by atoms with E-state index in [0.717, 1.165) is 12.8 Å². The number of benzene rings is 1. The van der Waals surface area contributed by atoms with Gasteiger partial charge in [0.2, 0.25) is 11.8 Å². The van der Waals surface area contributed by atoms with Crippen LogP contribution in [-0.4, -0.2) is 30.3 Å². The van der Waals surface area contributed by atoms with Crippen molar-refractivity contribution < 1.29 is 14.0 Å². The van der Waals surface area contributed by atoms with Crippen molar-refractivity contribution >= 4 is 17.5 Å². The first-order valence-corrected chi connectivity index (χ1v) is 7.11. The van der Waals surface area contributed by atoms with Gasteiger partial charge in [-0.1, -0.05) is 13.3 Å². The third-order valence-corrected chi connectivity index (χ3v) is 3.40. The fraction of sp³-hybridized carbons (Fsp3) is 0.500. The molecule has 0 spiro atoms. The minimum Gasteiger partial charge on any atom is -0.345 e. The zero-order valence-corrected chi connectivity index (χ0v) is 13.1. The average Bonchev–Trinajstić information content (AvgIpc) is 2.46. The lowest BCUT2D eigenvalue weighted by Crippen LogP contribution is -2.46. The van der Waals surface area contributed by atoms with Gasteiger partial charge in [0, 0.05) is 19.3 Å². The number of nitrogens with one attached hydrogen (secondary N) is 1. The van der Waals surface area contributed by atoms with Crippen LogP contribution in [0, 0.1) is 11.2 Å². The number of amides is 2. The van der Waals surface area contributed by atoms with Gasteiger partial charge in [0.25, 0.3) is 0 Å². The van der Waals surface area contributed by atoms with E-state index in [4.69, 9.17) is 0 Å². The molecule has 5 heteroatoms. The first-order chi connectivity index (χ1) is 9.78. The van der Waals surface area contributed by atoms with Gasteiger partial charge in [-0.25, -0.2) is 4.39 Å². The Morgan fingerprint density at radius 3 is 2.33 bits per heavy atom. The highest BCUT2D eigenvalue weighted by Gasteiger charge is 2.38. The number of hydrogen-bond acceptors (Lipinski definition) is 2. The Balaban J connectivity index is 2.74. The van der Waals surface area contributed by atoms with Crippen molar-refractivity contribution in [3.8, 4) is 0 Å². The van der Waals surface area contributed by atoms with Crippen molar-refractivity contribution in [1.29, 1.82) is 0 Å². The Labute approximate surface area is 125 Å². The highest BCUT2D eigenvalue weighted by atomic mass is 19.1. The molecule has 0 saturated carbocycles. The smallest absolute Gasteiger partial charge is 0.239 e. The molecule has 4 nitrogen and oxygen atoms in total. The summed E-state index contributed by atoms with van der Waals surface area (Å²) in [6.45, 7) is 5.86. The number of hydrogen-bond donors (Lipinski definition) is 1. The van der Waals surface area contributed by atoms with Crippen molar-refractivity contribution in [3.63, 3.8) is 0 Å². The molecule has 0 aliphatic heterocycles. The van der Waals surface area contributed by atoms with Crippen LogP contribution in [0.25, 0.3) is 0 Å². The zero-order valence-electron chi connectivity index (χ0n) is 13.1. The molecule has 0 aliphatic rings. The van der Waals surface area contributed by atoms with Crippen LogP contribution in [0.1, 0.15) is 33.6 Å². The molecule has 0 fully saturated rings. The quantitative estimate of drug-likeness (QED) is 0.820. The van der Waals surface area contributed by atoms with Crippen molar-refractivity contribution in [1.82, 2.24) is 4.90 Å². The van der Waals surface area contributed by atoms with Crippen molar-refractivity contribution in [2.24, 2.45) is 5.41 Å². The topological polar surface area (TPSA) is 49.4 Å². The summed E-state index contributed by atoms with van der Waals surface area (Å²) in [5.74, 6) is -0.999. The van der Waals surface area contributed by atoms with Gasteiger partial charge < -0.3 is 10.2 Å². The normalized spacial score (nSPS) is 11.1. The second-order valence-corrected chi connectivity index (χ2v) is 5.67. The molecule has 0 heterocycles. The van der Waals surface area contributed by atoms with Gasteiger partial charge in [0.1, 0.15) is 11.2 Å². The number of halogens is 1. The summed E-state index contributed by atoms with van der Waals surface area (Å²) >= 11 is 0. The maximum atomic E-state index is 12.8. The average molecular weight is 294 g/mol. The summed E-state index contributed by atoms with van der Waals surface area (Å²) < 4.78 is 12.8. The van der Waals surface area contributed by atoms with E-state index in [0.29, 0.717) is 12.2 Å². The van der Waals surface area contributed by atoms with E-state index in [-0.39, 0.29) is 11.7 Å². The van der Waals surface area contributed by atoms with Gasteiger partial charge in [-0.15, -0.1) is 0 Å². The highest BCUT2D eigenvalue weighted by molar-refractivity contribution is 6.09. The first-order valence-electron chi connectivity index (χ1n) is 7.11. The van der Waals surface area contributed by atoms with Crippen LogP contribution < -0.4 is 5.32 Å². The van der Waals surface area contributed by atoms with Crippen LogP contribution in [0.2, 0.25) is 0 Å². The molecular formula is C16H23FN2O2. The molecule has 1 aromatic carbocycles. The minimum absolute atomic E-state index is 0.226. The Morgan fingerprint density at radius 2 is 1.81 bits per heavy atom. The number of carbonyl (C=O) groups is 2. The van der Waals surface area contributed by atoms with Crippen molar-refractivity contribution in [2.45, 2.75) is 33.6 Å². The highest BCUT2D eigenvalue weighted by Crippen LogP contribution is 2.22. The van der Waals surface area contributed by atoms with Gasteiger partial charge in [0.05, 0.1) is 0 Å². The molecule has 0 bridgehead atoms. The predicted octanol–water partition coefficient (Wildman–Crippen LogP) is 3.05. The van der Waals surface area contributed by atoms with Crippen molar-refractivity contribution in [2.75, 3.05) is 18.9 Å². The third-order valence-electron chi connectivity index (χ3n) is 3.40. The molecule has 1 aromatic rings. The van der Waals surface area contributed by atoms with E-state index in [9.17, 15) is 14.0 Å². The summed E-state index contributed by atoms with van der Waals surface area (Å²) in [7, 11) is 1.70. The molecule has 0 aliphatic carbocycles. The predicted molar refractivity (Wildman–Crippen MR) is 81.4 cm³/mol. The van der Waals surface area contributed by atoms with Crippen LogP contribution in [-0.2, 0) is 9.59 Å². The van der Waals surface area contributed by atoms with Crippen LogP contribution in [0.15, 0.2) is 24.3 Å². The number of nitrogens with zero attached hydrogens (tertiary/aromatic N) is 1. The Morgan fingerprint density at radius 1 is 1.24 bits per heavy atom. The second-order valence-electron chi connectivity index (χ2n) is 5.67. The standard InChI is InChI=1S/C16H23FN2O2/c1-5-6-11-19(4)15(21)16(2,3)14(20)18-13-9-7-12(17)8-10-13/h7-10H,5-6,11H2,1-4H3,(H,18,20). The van der Waals surface area contributed by atoms with Gasteiger partial charge in [0.15, 0.2) is 0 Å². The fourth-order valence-electron chi connectivity index (χ4n) is 1.89. The van der Waals surface area contributed by atoms with Gasteiger partial charge in [-0.2, -0.15) is 0 Å². The summed E-state index contributed by atoms with van der Waals surface area (Å²) in [6.07, 6.45) is 1.89. The Hall–Kier alpha value is -1.91. The minimum atomic E-state index is -1.17. The molecule has 1 N–H and O–H groups in total. The van der Waals surface area contributed by atoms with Gasteiger partial charge >= 0.3 is 0 Å². The molecule has 0 atom stereocenters.